The Hall–Kier alpha value is -2.69. The van der Waals surface area contributed by atoms with Crippen molar-refractivity contribution in [1.82, 2.24) is 9.97 Å². The average Bonchev–Trinajstić information content (AvgIpc) is 2.93. The van der Waals surface area contributed by atoms with Crippen LogP contribution in [0.15, 0.2) is 36.0 Å². The minimum Gasteiger partial charge on any atom is -0.477 e. The summed E-state index contributed by atoms with van der Waals surface area (Å²) in [5.41, 5.74) is 5.38. The normalized spacial score (nSPS) is 10.5. The number of nitrogens with zero attached hydrogens (tertiary/aromatic N) is 2. The summed E-state index contributed by atoms with van der Waals surface area (Å²) in [6, 6.07) is 5.79. The molecule has 5 heteroatoms. The largest absolute Gasteiger partial charge is 0.477 e. The summed E-state index contributed by atoms with van der Waals surface area (Å²) >= 11 is 0. The highest BCUT2D eigenvalue weighted by Crippen LogP contribution is 2.30. The van der Waals surface area contributed by atoms with Gasteiger partial charge in [0.05, 0.1) is 23.6 Å². The van der Waals surface area contributed by atoms with Crippen LogP contribution in [0.3, 0.4) is 0 Å². The van der Waals surface area contributed by atoms with Gasteiger partial charge in [0.15, 0.2) is 0 Å². The molecule has 0 aliphatic carbocycles. The molecule has 0 spiro atoms. The summed E-state index contributed by atoms with van der Waals surface area (Å²) in [5, 5.41) is 11.1. The molecule has 0 bridgehead atoms. The number of unbranched alkanes of at least 4 members (excludes halogenated alkanes) is 1. The van der Waals surface area contributed by atoms with E-state index in [-0.39, 0.29) is 0 Å². The topological polar surface area (TPSA) is 70.9 Å². The molecule has 222 valence electrons. The van der Waals surface area contributed by atoms with Gasteiger partial charge in [-0.1, -0.05) is 99.1 Å². The molecule has 0 saturated carbocycles. The minimum atomic E-state index is 0.541. The molecule has 2 aromatic rings. The molecule has 0 fully saturated rings. The Balaban J connectivity index is 0. The lowest BCUT2D eigenvalue weighted by molar-refractivity contribution is 0.328. The van der Waals surface area contributed by atoms with E-state index in [9.17, 15) is 0 Å². The minimum absolute atomic E-state index is 0.541. The molecule has 2 aromatic heterocycles. The molecule has 0 radical (unpaired) electrons. The van der Waals surface area contributed by atoms with Gasteiger partial charge in [-0.15, -0.1) is 0 Å². The van der Waals surface area contributed by atoms with Crippen molar-refractivity contribution in [2.24, 2.45) is 11.8 Å². The van der Waals surface area contributed by atoms with E-state index in [0.717, 1.165) is 40.9 Å². The maximum atomic E-state index is 7.65. The van der Waals surface area contributed by atoms with Gasteiger partial charge in [0.25, 0.3) is 0 Å². The molecule has 0 saturated heterocycles. The Kier molecular flexibility index (Phi) is 24.0. The molecule has 0 atom stereocenters. The van der Waals surface area contributed by atoms with Gasteiger partial charge in [-0.05, 0) is 63.3 Å². The second-order valence-electron chi connectivity index (χ2n) is 10.5. The van der Waals surface area contributed by atoms with Gasteiger partial charge < -0.3 is 15.5 Å². The van der Waals surface area contributed by atoms with Crippen LogP contribution in [-0.2, 0) is 0 Å². The van der Waals surface area contributed by atoms with E-state index >= 15 is 0 Å². The first-order valence-corrected chi connectivity index (χ1v) is 15.0. The summed E-state index contributed by atoms with van der Waals surface area (Å²) in [7, 11) is 0. The van der Waals surface area contributed by atoms with E-state index in [1.807, 2.05) is 39.0 Å². The van der Waals surface area contributed by atoms with Crippen molar-refractivity contribution in [3.8, 4) is 17.1 Å². The zero-order valence-corrected chi connectivity index (χ0v) is 27.4. The molecule has 39 heavy (non-hydrogen) atoms. The molecule has 0 aliphatic heterocycles. The fourth-order valence-electron chi connectivity index (χ4n) is 2.84. The Morgan fingerprint density at radius 3 is 2.05 bits per heavy atom. The molecule has 0 aliphatic rings. The highest BCUT2D eigenvalue weighted by molar-refractivity contribution is 5.83. The van der Waals surface area contributed by atoms with Crippen LogP contribution in [0.2, 0.25) is 0 Å². The SMILES string of the molecule is C/C=C(\C)CNc1cc(-c2cccnc2OCC)nc(C=N)c1C.CCC(C)C.CCCC.CCCC(C)C. The van der Waals surface area contributed by atoms with Crippen molar-refractivity contribution in [1.29, 1.82) is 5.41 Å². The maximum absolute atomic E-state index is 7.65. The van der Waals surface area contributed by atoms with E-state index in [1.54, 1.807) is 6.20 Å². The highest BCUT2D eigenvalue weighted by Gasteiger charge is 2.13. The summed E-state index contributed by atoms with van der Waals surface area (Å²) < 4.78 is 5.61. The number of anilines is 1. The van der Waals surface area contributed by atoms with Crippen molar-refractivity contribution in [2.75, 3.05) is 18.5 Å². The number of allylic oxidation sites excluding steroid dienone is 1. The zero-order chi connectivity index (χ0) is 30.2. The van der Waals surface area contributed by atoms with Gasteiger partial charge >= 0.3 is 0 Å². The lowest BCUT2D eigenvalue weighted by atomic mass is 10.1. The van der Waals surface area contributed by atoms with Gasteiger partial charge in [0.1, 0.15) is 0 Å². The molecule has 2 heterocycles. The highest BCUT2D eigenvalue weighted by atomic mass is 16.5. The third kappa shape index (κ3) is 18.3. The smallest absolute Gasteiger partial charge is 0.222 e. The number of rotatable bonds is 11. The van der Waals surface area contributed by atoms with E-state index in [2.05, 4.69) is 83.7 Å². The third-order valence-electron chi connectivity index (χ3n) is 6.01. The zero-order valence-electron chi connectivity index (χ0n) is 27.4. The monoisotopic (exact) mass is 540 g/mol. The summed E-state index contributed by atoms with van der Waals surface area (Å²) in [6.45, 7) is 27.0. The standard InChI is InChI=1S/C19H24N4O.C6H14.C5H12.C4H10/c1-5-13(3)12-22-16-10-17(23-18(11-20)14(16)4)15-8-7-9-21-19(15)24-6-2;1-4-5-6(2)3;1-4-5(2)3;1-3-4-2/h5,7-11,20H,6,12H2,1-4H3,(H,22,23);6H,4-5H2,1-3H3;5H,4H2,1-3H3;3-4H2,1-2H3/b13-5+,20-11?;;;. The molecular formula is C34H60N4O. The average molecular weight is 541 g/mol. The third-order valence-corrected chi connectivity index (χ3v) is 6.01. The van der Waals surface area contributed by atoms with Crippen LogP contribution < -0.4 is 10.1 Å². The second-order valence-corrected chi connectivity index (χ2v) is 10.5. The van der Waals surface area contributed by atoms with Crippen LogP contribution in [0.25, 0.3) is 11.3 Å². The molecule has 0 amide bonds. The summed E-state index contributed by atoms with van der Waals surface area (Å²) in [5.74, 6) is 2.34. The van der Waals surface area contributed by atoms with Gasteiger partial charge in [0.2, 0.25) is 5.88 Å². The van der Waals surface area contributed by atoms with Gasteiger partial charge in [-0.3, -0.25) is 0 Å². The number of ether oxygens (including phenoxy) is 1. The predicted octanol–water partition coefficient (Wildman–Crippen LogP) is 10.5. The molecular weight excluding hydrogens is 480 g/mol. The van der Waals surface area contributed by atoms with Gasteiger partial charge in [-0.2, -0.15) is 0 Å². The Morgan fingerprint density at radius 2 is 1.64 bits per heavy atom. The Bertz CT molecular complexity index is 917. The number of pyridine rings is 2. The van der Waals surface area contributed by atoms with Gasteiger partial charge in [0, 0.05) is 24.6 Å². The first-order valence-electron chi connectivity index (χ1n) is 15.0. The van der Waals surface area contributed by atoms with Crippen molar-refractivity contribution < 1.29 is 4.74 Å². The van der Waals surface area contributed by atoms with Crippen LogP contribution >= 0.6 is 0 Å². The van der Waals surface area contributed by atoms with Crippen LogP contribution in [0.4, 0.5) is 5.69 Å². The molecule has 2 rings (SSSR count). The number of nitrogens with one attached hydrogen (secondary N) is 2. The molecule has 0 aromatic carbocycles. The maximum Gasteiger partial charge on any atom is 0.222 e. The lowest BCUT2D eigenvalue weighted by Gasteiger charge is -2.15. The summed E-state index contributed by atoms with van der Waals surface area (Å²) in [4.78, 5) is 8.89. The number of aromatic nitrogens is 2. The second kappa shape index (κ2) is 24.4. The van der Waals surface area contributed by atoms with Crippen molar-refractivity contribution in [3.05, 3.63) is 47.3 Å². The van der Waals surface area contributed by atoms with Crippen LogP contribution in [-0.4, -0.2) is 29.3 Å². The van der Waals surface area contributed by atoms with E-state index in [1.165, 1.54) is 43.9 Å². The predicted molar refractivity (Wildman–Crippen MR) is 175 cm³/mol. The van der Waals surface area contributed by atoms with Crippen LogP contribution in [0, 0.1) is 24.2 Å². The molecule has 5 nitrogen and oxygen atoms in total. The lowest BCUT2D eigenvalue weighted by Crippen LogP contribution is -2.07. The Labute approximate surface area is 241 Å². The fourth-order valence-corrected chi connectivity index (χ4v) is 2.84. The first kappa shape index (κ1) is 38.5. The van der Waals surface area contributed by atoms with Crippen molar-refractivity contribution >= 4 is 11.9 Å². The fraction of sp³-hybridized carbons (Fsp3) is 0.618. The summed E-state index contributed by atoms with van der Waals surface area (Å²) in [6.07, 6.45) is 11.7. The van der Waals surface area contributed by atoms with Gasteiger partial charge in [-0.25, -0.2) is 9.97 Å². The van der Waals surface area contributed by atoms with E-state index in [0.29, 0.717) is 18.2 Å². The van der Waals surface area contributed by atoms with Crippen molar-refractivity contribution in [3.63, 3.8) is 0 Å². The quantitative estimate of drug-likeness (QED) is 0.220. The molecule has 2 N–H and O–H groups in total. The van der Waals surface area contributed by atoms with E-state index in [4.69, 9.17) is 10.1 Å². The van der Waals surface area contributed by atoms with Crippen LogP contribution in [0.1, 0.15) is 120 Å². The first-order chi connectivity index (χ1) is 18.6. The number of hydrogen-bond acceptors (Lipinski definition) is 5. The Morgan fingerprint density at radius 1 is 1.03 bits per heavy atom. The van der Waals surface area contributed by atoms with Crippen LogP contribution in [0.5, 0.6) is 5.88 Å². The van der Waals surface area contributed by atoms with E-state index < -0.39 is 0 Å². The molecule has 0 unspecified atom stereocenters. The number of hydrogen-bond donors (Lipinski definition) is 2. The van der Waals surface area contributed by atoms with Crippen molar-refractivity contribution in [2.45, 2.75) is 115 Å².